The van der Waals surface area contributed by atoms with Gasteiger partial charge in [-0.3, -0.25) is 9.59 Å². The van der Waals surface area contributed by atoms with E-state index in [9.17, 15) is 14.7 Å². The van der Waals surface area contributed by atoms with E-state index in [1.807, 2.05) is 38.1 Å². The van der Waals surface area contributed by atoms with Crippen LogP contribution in [-0.4, -0.2) is 48.9 Å². The average molecular weight is 485 g/mol. The quantitative estimate of drug-likeness (QED) is 0.319. The largest absolute Gasteiger partial charge is 0.872 e. The highest BCUT2D eigenvalue weighted by Gasteiger charge is 2.44. The molecule has 1 atom stereocenters. The van der Waals surface area contributed by atoms with E-state index in [1.54, 1.807) is 29.2 Å². The van der Waals surface area contributed by atoms with E-state index in [-0.39, 0.29) is 11.7 Å². The lowest BCUT2D eigenvalue weighted by Gasteiger charge is -2.28. The van der Waals surface area contributed by atoms with Gasteiger partial charge in [-0.2, -0.15) is 0 Å². The molecule has 7 heteroatoms. The molecule has 0 saturated carbocycles. The molecule has 1 aliphatic heterocycles. The molecule has 1 heterocycles. The normalized spacial score (nSPS) is 17.7. The summed E-state index contributed by atoms with van der Waals surface area (Å²) < 4.78 is 5.74. The first kappa shape index (κ1) is 25.8. The number of Topliss-reactive ketones (excluding diaryl/α,β-unsaturated/α-hetero) is 1. The Morgan fingerprint density at radius 1 is 1.06 bits per heavy atom. The van der Waals surface area contributed by atoms with Gasteiger partial charge in [-0.15, -0.1) is 0 Å². The van der Waals surface area contributed by atoms with Crippen molar-refractivity contribution in [1.82, 2.24) is 4.90 Å². The van der Waals surface area contributed by atoms with Gasteiger partial charge >= 0.3 is 0 Å². The van der Waals surface area contributed by atoms with Gasteiger partial charge in [0.1, 0.15) is 5.75 Å². The molecule has 2 aromatic carbocycles. The SMILES string of the molecule is CC[NH+](CC)CCCN1C(=O)C(=O)C(=C([O-])c2ccc(Cl)cc2)C1c1ccc(OC(C)C)cc1. The lowest BCUT2D eigenvalue weighted by Crippen LogP contribution is -3.11. The molecule has 1 N–H and O–H groups in total. The Labute approximate surface area is 206 Å². The van der Waals surface area contributed by atoms with Crippen molar-refractivity contribution in [2.75, 3.05) is 26.2 Å². The Morgan fingerprint density at radius 2 is 1.68 bits per heavy atom. The minimum Gasteiger partial charge on any atom is -0.872 e. The van der Waals surface area contributed by atoms with Crippen molar-refractivity contribution in [1.29, 1.82) is 0 Å². The number of nitrogens with one attached hydrogen (secondary N) is 1. The zero-order valence-electron chi connectivity index (χ0n) is 20.3. The molecular weight excluding hydrogens is 452 g/mol. The lowest BCUT2D eigenvalue weighted by molar-refractivity contribution is -0.896. The van der Waals surface area contributed by atoms with Crippen LogP contribution in [0.4, 0.5) is 0 Å². The highest BCUT2D eigenvalue weighted by Crippen LogP contribution is 2.39. The Balaban J connectivity index is 2.01. The van der Waals surface area contributed by atoms with Crippen LogP contribution in [0.25, 0.3) is 5.76 Å². The van der Waals surface area contributed by atoms with Crippen LogP contribution in [-0.2, 0) is 9.59 Å². The molecule has 1 aliphatic rings. The maximum atomic E-state index is 13.4. The van der Waals surface area contributed by atoms with Gasteiger partial charge in [-0.25, -0.2) is 0 Å². The number of benzene rings is 2. The van der Waals surface area contributed by atoms with E-state index in [0.717, 1.165) is 26.1 Å². The summed E-state index contributed by atoms with van der Waals surface area (Å²) >= 11 is 5.97. The lowest BCUT2D eigenvalue weighted by atomic mass is 9.95. The summed E-state index contributed by atoms with van der Waals surface area (Å²) in [7, 11) is 0. The molecule has 182 valence electrons. The monoisotopic (exact) mass is 484 g/mol. The van der Waals surface area contributed by atoms with Crippen LogP contribution in [0.5, 0.6) is 5.75 Å². The van der Waals surface area contributed by atoms with Gasteiger partial charge < -0.3 is 19.6 Å². The predicted molar refractivity (Wildman–Crippen MR) is 132 cm³/mol. The third kappa shape index (κ3) is 5.80. The molecule has 0 spiro atoms. The summed E-state index contributed by atoms with van der Waals surface area (Å²) in [5.74, 6) is -1.11. The number of carbonyl (C=O) groups is 2. The standard InChI is InChI=1S/C27H33ClN2O4/c1-5-29(6-2)16-7-17-30-24(19-10-14-22(15-11-19)34-18(3)4)23(26(32)27(30)33)25(31)20-8-12-21(28)13-9-20/h8-15,18,24,31H,5-7,16-17H2,1-4H3. The first-order chi connectivity index (χ1) is 16.3. The summed E-state index contributed by atoms with van der Waals surface area (Å²) in [5, 5.41) is 13.9. The first-order valence-electron chi connectivity index (χ1n) is 11.9. The molecule has 1 unspecified atom stereocenters. The number of rotatable bonds is 10. The highest BCUT2D eigenvalue weighted by molar-refractivity contribution is 6.46. The van der Waals surface area contributed by atoms with Crippen molar-refractivity contribution >= 4 is 29.1 Å². The predicted octanol–water partition coefficient (Wildman–Crippen LogP) is 2.67. The topological polar surface area (TPSA) is 74.1 Å². The van der Waals surface area contributed by atoms with Crippen LogP contribution in [0.3, 0.4) is 0 Å². The Morgan fingerprint density at radius 3 is 2.24 bits per heavy atom. The van der Waals surface area contributed by atoms with Crippen molar-refractivity contribution in [3.05, 3.63) is 70.3 Å². The number of nitrogens with zero attached hydrogens (tertiary/aromatic N) is 1. The van der Waals surface area contributed by atoms with E-state index >= 15 is 0 Å². The number of hydrogen-bond acceptors (Lipinski definition) is 4. The van der Waals surface area contributed by atoms with Gasteiger partial charge in [0.15, 0.2) is 0 Å². The number of ketones is 1. The molecule has 6 nitrogen and oxygen atoms in total. The first-order valence-corrected chi connectivity index (χ1v) is 12.3. The van der Waals surface area contributed by atoms with E-state index in [2.05, 4.69) is 13.8 Å². The maximum Gasteiger partial charge on any atom is 0.295 e. The van der Waals surface area contributed by atoms with E-state index in [4.69, 9.17) is 16.3 Å². The van der Waals surface area contributed by atoms with Gasteiger partial charge in [-0.05, 0) is 63.1 Å². The number of quaternary nitrogens is 1. The summed E-state index contributed by atoms with van der Waals surface area (Å²) in [6.07, 6.45) is 0.761. The molecule has 2 aromatic rings. The average Bonchev–Trinajstić information content (AvgIpc) is 3.07. The molecule has 1 amide bonds. The second-order valence-corrected chi connectivity index (χ2v) is 9.21. The third-order valence-electron chi connectivity index (χ3n) is 6.13. The van der Waals surface area contributed by atoms with Crippen LogP contribution in [0.1, 0.15) is 51.3 Å². The van der Waals surface area contributed by atoms with Crippen molar-refractivity contribution in [3.8, 4) is 5.75 Å². The number of amides is 1. The Bertz CT molecular complexity index is 1030. The molecule has 1 fully saturated rings. The summed E-state index contributed by atoms with van der Waals surface area (Å²) in [4.78, 5) is 29.1. The summed E-state index contributed by atoms with van der Waals surface area (Å²) in [6.45, 7) is 11.4. The number of likely N-dealkylation sites (tertiary alicyclic amines) is 1. The third-order valence-corrected chi connectivity index (χ3v) is 6.38. The molecule has 3 rings (SSSR count). The Hall–Kier alpha value is -2.83. The zero-order chi connectivity index (χ0) is 24.8. The number of halogens is 1. The van der Waals surface area contributed by atoms with E-state index in [0.29, 0.717) is 28.4 Å². The Kier molecular flexibility index (Phi) is 8.75. The smallest absolute Gasteiger partial charge is 0.295 e. The highest BCUT2D eigenvalue weighted by atomic mass is 35.5. The second kappa shape index (κ2) is 11.5. The van der Waals surface area contributed by atoms with Gasteiger partial charge in [0.05, 0.1) is 31.8 Å². The van der Waals surface area contributed by atoms with E-state index < -0.39 is 23.5 Å². The minimum atomic E-state index is -0.734. The number of carbonyl (C=O) groups excluding carboxylic acids is 2. The van der Waals surface area contributed by atoms with Gasteiger partial charge in [0.2, 0.25) is 5.78 Å². The summed E-state index contributed by atoms with van der Waals surface area (Å²) in [6, 6.07) is 12.9. The molecule has 0 radical (unpaired) electrons. The molecule has 0 aliphatic carbocycles. The maximum absolute atomic E-state index is 13.4. The molecule has 1 saturated heterocycles. The number of ether oxygens (including phenoxy) is 1. The van der Waals surface area contributed by atoms with E-state index in [1.165, 1.54) is 4.90 Å². The van der Waals surface area contributed by atoms with Crippen LogP contribution >= 0.6 is 11.6 Å². The van der Waals surface area contributed by atoms with Crippen LogP contribution in [0.2, 0.25) is 5.02 Å². The number of hydrogen-bond donors (Lipinski definition) is 1. The molecule has 0 bridgehead atoms. The molecule has 0 aromatic heterocycles. The van der Waals surface area contributed by atoms with Crippen molar-refractivity contribution in [3.63, 3.8) is 0 Å². The van der Waals surface area contributed by atoms with Crippen LogP contribution in [0, 0.1) is 0 Å². The van der Waals surface area contributed by atoms with Crippen LogP contribution < -0.4 is 14.7 Å². The van der Waals surface area contributed by atoms with Crippen molar-refractivity contribution in [2.45, 2.75) is 46.3 Å². The van der Waals surface area contributed by atoms with Crippen molar-refractivity contribution in [2.24, 2.45) is 0 Å². The fourth-order valence-corrected chi connectivity index (χ4v) is 4.43. The zero-order valence-corrected chi connectivity index (χ0v) is 21.0. The minimum absolute atomic E-state index is 0.0139. The molecular formula is C27H33ClN2O4. The van der Waals surface area contributed by atoms with Gasteiger partial charge in [-0.1, -0.05) is 41.6 Å². The second-order valence-electron chi connectivity index (χ2n) is 8.78. The molecule has 34 heavy (non-hydrogen) atoms. The summed E-state index contributed by atoms with van der Waals surface area (Å²) in [5.41, 5.74) is 1.03. The van der Waals surface area contributed by atoms with Crippen molar-refractivity contribution < 1.29 is 24.3 Å². The van der Waals surface area contributed by atoms with Gasteiger partial charge in [0, 0.05) is 23.6 Å². The van der Waals surface area contributed by atoms with Crippen LogP contribution in [0.15, 0.2) is 54.1 Å². The fourth-order valence-electron chi connectivity index (χ4n) is 4.31. The van der Waals surface area contributed by atoms with Gasteiger partial charge in [0.25, 0.3) is 5.91 Å². The fraction of sp³-hybridized carbons (Fsp3) is 0.407.